The van der Waals surface area contributed by atoms with Gasteiger partial charge in [0.2, 0.25) is 0 Å². The highest BCUT2D eigenvalue weighted by Crippen LogP contribution is 2.55. The number of hydrogen-bond donors (Lipinski definition) is 1. The van der Waals surface area contributed by atoms with Crippen LogP contribution in [0, 0.1) is 34.5 Å². The van der Waals surface area contributed by atoms with Gasteiger partial charge in [-0.1, -0.05) is 37.6 Å². The summed E-state index contributed by atoms with van der Waals surface area (Å²) >= 11 is 0. The Morgan fingerprint density at radius 3 is 2.59 bits per heavy atom. The molecule has 1 aliphatic heterocycles. The molecule has 1 heterocycles. The number of benzene rings is 1. The third kappa shape index (κ3) is 2.10. The van der Waals surface area contributed by atoms with Crippen molar-refractivity contribution < 1.29 is 9.84 Å². The predicted octanol–water partition coefficient (Wildman–Crippen LogP) is 3.46. The lowest BCUT2D eigenvalue weighted by Crippen LogP contribution is -2.53. The van der Waals surface area contributed by atoms with Gasteiger partial charge in [0, 0.05) is 11.3 Å². The molecule has 2 bridgehead atoms. The molecule has 1 aliphatic carbocycles. The highest BCUT2D eigenvalue weighted by atomic mass is 16.5. The largest absolute Gasteiger partial charge is 0.396 e. The summed E-state index contributed by atoms with van der Waals surface area (Å²) < 4.78 is 6.23. The SMILES string of the molecule is CC1=CC(C)C2(CO)COC(c3ccc(C#N)cc3)C1C2C. The van der Waals surface area contributed by atoms with Crippen molar-refractivity contribution in [3.8, 4) is 6.07 Å². The number of ether oxygens (including phenoxy) is 1. The third-order valence-electron chi connectivity index (χ3n) is 5.91. The minimum absolute atomic E-state index is 0.00571. The van der Waals surface area contributed by atoms with Crippen LogP contribution in [0.15, 0.2) is 35.9 Å². The summed E-state index contributed by atoms with van der Waals surface area (Å²) in [5, 5.41) is 18.9. The van der Waals surface area contributed by atoms with Gasteiger partial charge in [-0.05, 0) is 36.5 Å². The molecule has 1 N–H and O–H groups in total. The Hall–Kier alpha value is -1.63. The maximum atomic E-state index is 10.0. The number of rotatable bonds is 2. The van der Waals surface area contributed by atoms with Crippen LogP contribution in [0.25, 0.3) is 0 Å². The Kier molecular flexibility index (Phi) is 3.84. The van der Waals surface area contributed by atoms with E-state index in [9.17, 15) is 5.11 Å². The van der Waals surface area contributed by atoms with Crippen LogP contribution in [0.1, 0.15) is 38.0 Å². The van der Waals surface area contributed by atoms with Crippen LogP contribution < -0.4 is 0 Å². The maximum Gasteiger partial charge on any atom is 0.0991 e. The van der Waals surface area contributed by atoms with Gasteiger partial charge >= 0.3 is 0 Å². The zero-order chi connectivity index (χ0) is 15.9. The molecule has 0 saturated carbocycles. The number of aliphatic hydroxyl groups is 1. The van der Waals surface area contributed by atoms with Crippen LogP contribution >= 0.6 is 0 Å². The smallest absolute Gasteiger partial charge is 0.0991 e. The normalized spacial score (nSPS) is 37.3. The van der Waals surface area contributed by atoms with Gasteiger partial charge in [0.15, 0.2) is 0 Å². The number of nitriles is 1. The minimum Gasteiger partial charge on any atom is -0.396 e. The Labute approximate surface area is 132 Å². The Bertz CT molecular complexity index is 628. The van der Waals surface area contributed by atoms with Gasteiger partial charge in [0.25, 0.3) is 0 Å². The monoisotopic (exact) mass is 297 g/mol. The van der Waals surface area contributed by atoms with E-state index in [2.05, 4.69) is 32.9 Å². The van der Waals surface area contributed by atoms with E-state index in [4.69, 9.17) is 10.00 Å². The van der Waals surface area contributed by atoms with Gasteiger partial charge < -0.3 is 9.84 Å². The summed E-state index contributed by atoms with van der Waals surface area (Å²) in [6.07, 6.45) is 2.31. The summed E-state index contributed by atoms with van der Waals surface area (Å²) in [5.74, 6) is 0.975. The molecule has 5 unspecified atom stereocenters. The van der Waals surface area contributed by atoms with Crippen molar-refractivity contribution in [1.29, 1.82) is 5.26 Å². The molecule has 0 amide bonds. The number of hydrogen-bond acceptors (Lipinski definition) is 3. The summed E-state index contributed by atoms with van der Waals surface area (Å²) in [6, 6.07) is 9.84. The fourth-order valence-electron chi connectivity index (χ4n) is 4.33. The molecule has 0 aromatic heterocycles. The van der Waals surface area contributed by atoms with E-state index in [1.165, 1.54) is 5.57 Å². The fourth-order valence-corrected chi connectivity index (χ4v) is 4.33. The first-order valence-corrected chi connectivity index (χ1v) is 7.94. The Morgan fingerprint density at radius 2 is 2.00 bits per heavy atom. The second-order valence-electron chi connectivity index (χ2n) is 6.87. The van der Waals surface area contributed by atoms with E-state index in [1.54, 1.807) is 0 Å². The number of allylic oxidation sites excluding steroid dienone is 1. The number of nitrogens with zero attached hydrogens (tertiary/aromatic N) is 1. The first-order valence-electron chi connectivity index (χ1n) is 7.94. The summed E-state index contributed by atoms with van der Waals surface area (Å²) in [5.41, 5.74) is 2.96. The summed E-state index contributed by atoms with van der Waals surface area (Å²) in [7, 11) is 0. The molecule has 3 nitrogen and oxygen atoms in total. The molecule has 1 aromatic carbocycles. The van der Waals surface area contributed by atoms with Crippen molar-refractivity contribution in [1.82, 2.24) is 0 Å². The molecule has 0 radical (unpaired) electrons. The van der Waals surface area contributed by atoms with Crippen LogP contribution in [0.3, 0.4) is 0 Å². The highest BCUT2D eigenvalue weighted by Gasteiger charge is 2.53. The molecule has 1 aromatic rings. The van der Waals surface area contributed by atoms with E-state index in [0.29, 0.717) is 24.0 Å². The predicted molar refractivity (Wildman–Crippen MR) is 84.9 cm³/mol. The number of fused-ring (bicyclic) bond motifs is 2. The van der Waals surface area contributed by atoms with Gasteiger partial charge in [-0.25, -0.2) is 0 Å². The Balaban J connectivity index is 1.99. The second kappa shape index (κ2) is 5.53. The lowest BCUT2D eigenvalue weighted by atomic mass is 9.56. The average molecular weight is 297 g/mol. The Morgan fingerprint density at radius 1 is 1.32 bits per heavy atom. The van der Waals surface area contributed by atoms with Crippen LogP contribution in [0.4, 0.5) is 0 Å². The standard InChI is InChI=1S/C19H23NO2/c1-12-8-13(2)19(10-21)11-22-18(17(12)14(19)3)16-6-4-15(9-20)5-7-16/h4-8,13-14,17-18,21H,10-11H2,1-3H3. The van der Waals surface area contributed by atoms with Crippen molar-refractivity contribution in [2.45, 2.75) is 26.9 Å². The molecule has 1 fully saturated rings. The van der Waals surface area contributed by atoms with Crippen molar-refractivity contribution >= 4 is 0 Å². The summed E-state index contributed by atoms with van der Waals surface area (Å²) in [6.45, 7) is 7.33. The van der Waals surface area contributed by atoms with Crippen LogP contribution in [-0.2, 0) is 4.74 Å². The van der Waals surface area contributed by atoms with Gasteiger partial charge in [-0.2, -0.15) is 5.26 Å². The zero-order valence-corrected chi connectivity index (χ0v) is 13.4. The zero-order valence-electron chi connectivity index (χ0n) is 13.4. The quantitative estimate of drug-likeness (QED) is 0.851. The molecule has 0 spiro atoms. The van der Waals surface area contributed by atoms with Gasteiger partial charge in [-0.3, -0.25) is 0 Å². The first kappa shape index (κ1) is 15.3. The van der Waals surface area contributed by atoms with Gasteiger partial charge in [0.1, 0.15) is 0 Å². The van der Waals surface area contributed by atoms with Crippen molar-refractivity contribution in [2.75, 3.05) is 13.2 Å². The first-order chi connectivity index (χ1) is 10.5. The molecular formula is C19H23NO2. The maximum absolute atomic E-state index is 10.0. The lowest BCUT2D eigenvalue weighted by molar-refractivity contribution is -0.165. The molecule has 3 rings (SSSR count). The highest BCUT2D eigenvalue weighted by molar-refractivity contribution is 5.34. The van der Waals surface area contributed by atoms with E-state index in [0.717, 1.165) is 5.56 Å². The molecule has 2 aliphatic rings. The van der Waals surface area contributed by atoms with Crippen molar-refractivity contribution in [2.24, 2.45) is 23.2 Å². The van der Waals surface area contributed by atoms with Crippen LogP contribution in [-0.4, -0.2) is 18.3 Å². The number of aliphatic hydroxyl groups excluding tert-OH is 1. The van der Waals surface area contributed by atoms with Gasteiger partial charge in [-0.15, -0.1) is 0 Å². The summed E-state index contributed by atoms with van der Waals surface area (Å²) in [4.78, 5) is 0. The molecule has 1 saturated heterocycles. The lowest BCUT2D eigenvalue weighted by Gasteiger charge is -2.55. The molecule has 116 valence electrons. The fraction of sp³-hybridized carbons (Fsp3) is 0.526. The molecule has 3 heteroatoms. The van der Waals surface area contributed by atoms with E-state index >= 15 is 0 Å². The molecular weight excluding hydrogens is 274 g/mol. The van der Waals surface area contributed by atoms with Gasteiger partial charge in [0.05, 0.1) is 31.0 Å². The van der Waals surface area contributed by atoms with E-state index < -0.39 is 0 Å². The van der Waals surface area contributed by atoms with E-state index in [1.807, 2.05) is 24.3 Å². The van der Waals surface area contributed by atoms with Crippen molar-refractivity contribution in [3.05, 3.63) is 47.0 Å². The second-order valence-corrected chi connectivity index (χ2v) is 6.87. The minimum atomic E-state index is -0.173. The average Bonchev–Trinajstić information content (AvgIpc) is 2.53. The van der Waals surface area contributed by atoms with E-state index in [-0.39, 0.29) is 24.0 Å². The molecule has 5 atom stereocenters. The third-order valence-corrected chi connectivity index (χ3v) is 5.91. The van der Waals surface area contributed by atoms with Crippen molar-refractivity contribution in [3.63, 3.8) is 0 Å². The topological polar surface area (TPSA) is 53.2 Å². The van der Waals surface area contributed by atoms with Crippen LogP contribution in [0.5, 0.6) is 0 Å². The van der Waals surface area contributed by atoms with Crippen LogP contribution in [0.2, 0.25) is 0 Å². The molecule has 22 heavy (non-hydrogen) atoms.